The summed E-state index contributed by atoms with van der Waals surface area (Å²) < 4.78 is 12.6. The lowest BCUT2D eigenvalue weighted by Crippen LogP contribution is -2.19. The van der Waals surface area contributed by atoms with E-state index in [-0.39, 0.29) is 0 Å². The molecular weight excluding hydrogens is 157 g/mol. The number of anilines is 1. The Morgan fingerprint density at radius 3 is 2.83 bits per heavy atom. The van der Waals surface area contributed by atoms with Gasteiger partial charge in [0, 0.05) is 19.7 Å². The van der Waals surface area contributed by atoms with Gasteiger partial charge in [0.2, 0.25) is 5.95 Å². The fourth-order valence-corrected chi connectivity index (χ4v) is 0.983. The van der Waals surface area contributed by atoms with Crippen molar-refractivity contribution < 1.29 is 4.39 Å². The SMILES string of the molecule is CCCN(C)c1cc(F)ncn1. The predicted octanol–water partition coefficient (Wildman–Crippen LogP) is 1.46. The molecule has 12 heavy (non-hydrogen) atoms. The third kappa shape index (κ3) is 2.15. The second-order valence-corrected chi connectivity index (χ2v) is 2.62. The molecule has 0 saturated carbocycles. The summed E-state index contributed by atoms with van der Waals surface area (Å²) in [5.41, 5.74) is 0. The summed E-state index contributed by atoms with van der Waals surface area (Å²) in [6.07, 6.45) is 2.25. The first-order valence-electron chi connectivity index (χ1n) is 3.92. The standard InChI is InChI=1S/C8H12FN3/c1-3-4-12(2)8-5-7(9)10-6-11-8/h5-6H,3-4H2,1-2H3. The molecule has 1 heterocycles. The molecule has 0 aliphatic rings. The minimum atomic E-state index is -0.483. The number of hydrogen-bond acceptors (Lipinski definition) is 3. The van der Waals surface area contributed by atoms with Crippen LogP contribution in [-0.4, -0.2) is 23.6 Å². The van der Waals surface area contributed by atoms with E-state index in [0.29, 0.717) is 5.82 Å². The molecule has 0 unspecified atom stereocenters. The highest BCUT2D eigenvalue weighted by Gasteiger charge is 2.01. The largest absolute Gasteiger partial charge is 0.360 e. The van der Waals surface area contributed by atoms with Gasteiger partial charge in [-0.15, -0.1) is 0 Å². The second-order valence-electron chi connectivity index (χ2n) is 2.62. The molecule has 0 bridgehead atoms. The molecule has 4 heteroatoms. The van der Waals surface area contributed by atoms with E-state index in [9.17, 15) is 4.39 Å². The van der Waals surface area contributed by atoms with Gasteiger partial charge in [-0.3, -0.25) is 0 Å². The number of aromatic nitrogens is 2. The van der Waals surface area contributed by atoms with Crippen molar-refractivity contribution in [2.24, 2.45) is 0 Å². The molecule has 3 nitrogen and oxygen atoms in total. The summed E-state index contributed by atoms with van der Waals surface area (Å²) in [6.45, 7) is 2.94. The Labute approximate surface area is 71.3 Å². The van der Waals surface area contributed by atoms with E-state index in [0.717, 1.165) is 13.0 Å². The van der Waals surface area contributed by atoms with Gasteiger partial charge in [0.05, 0.1) is 0 Å². The zero-order valence-electron chi connectivity index (χ0n) is 7.29. The van der Waals surface area contributed by atoms with E-state index in [1.165, 1.54) is 12.4 Å². The molecule has 0 aliphatic heterocycles. The summed E-state index contributed by atoms with van der Waals surface area (Å²) in [5, 5.41) is 0. The minimum absolute atomic E-state index is 0.483. The Morgan fingerprint density at radius 2 is 2.25 bits per heavy atom. The smallest absolute Gasteiger partial charge is 0.218 e. The first-order chi connectivity index (χ1) is 5.74. The van der Waals surface area contributed by atoms with Crippen molar-refractivity contribution in [2.45, 2.75) is 13.3 Å². The van der Waals surface area contributed by atoms with Crippen LogP contribution in [0.25, 0.3) is 0 Å². The van der Waals surface area contributed by atoms with Crippen LogP contribution < -0.4 is 4.90 Å². The molecule has 0 aromatic carbocycles. The maximum Gasteiger partial charge on any atom is 0.218 e. The van der Waals surface area contributed by atoms with Crippen molar-refractivity contribution in [1.82, 2.24) is 9.97 Å². The van der Waals surface area contributed by atoms with Crippen LogP contribution in [0.3, 0.4) is 0 Å². The molecule has 66 valence electrons. The highest BCUT2D eigenvalue weighted by molar-refractivity contribution is 5.35. The van der Waals surface area contributed by atoms with Crippen LogP contribution in [0.1, 0.15) is 13.3 Å². The van der Waals surface area contributed by atoms with Gasteiger partial charge < -0.3 is 4.90 Å². The van der Waals surface area contributed by atoms with E-state index in [4.69, 9.17) is 0 Å². The molecule has 0 aliphatic carbocycles. The zero-order valence-corrected chi connectivity index (χ0v) is 7.29. The highest BCUT2D eigenvalue weighted by atomic mass is 19.1. The quantitative estimate of drug-likeness (QED) is 0.641. The molecule has 0 atom stereocenters. The van der Waals surface area contributed by atoms with Gasteiger partial charge in [0.25, 0.3) is 0 Å². The molecule has 0 spiro atoms. The fraction of sp³-hybridized carbons (Fsp3) is 0.500. The molecule has 0 radical (unpaired) electrons. The van der Waals surface area contributed by atoms with Crippen molar-refractivity contribution in [3.63, 3.8) is 0 Å². The lowest BCUT2D eigenvalue weighted by atomic mass is 10.4. The molecule has 1 aromatic rings. The molecule has 1 rings (SSSR count). The molecule has 0 fully saturated rings. The van der Waals surface area contributed by atoms with Crippen LogP contribution in [0, 0.1) is 5.95 Å². The van der Waals surface area contributed by atoms with Crippen molar-refractivity contribution in [3.05, 3.63) is 18.3 Å². The maximum absolute atomic E-state index is 12.6. The maximum atomic E-state index is 12.6. The van der Waals surface area contributed by atoms with E-state index in [1.54, 1.807) is 0 Å². The van der Waals surface area contributed by atoms with Gasteiger partial charge in [0.1, 0.15) is 12.1 Å². The second kappa shape index (κ2) is 3.99. The number of rotatable bonds is 3. The minimum Gasteiger partial charge on any atom is -0.360 e. The normalized spacial score (nSPS) is 9.92. The summed E-state index contributed by atoms with van der Waals surface area (Å²) in [5.74, 6) is 0.146. The van der Waals surface area contributed by atoms with Gasteiger partial charge in [-0.25, -0.2) is 9.97 Å². The van der Waals surface area contributed by atoms with Crippen LogP contribution in [0.2, 0.25) is 0 Å². The first-order valence-corrected chi connectivity index (χ1v) is 3.92. The monoisotopic (exact) mass is 169 g/mol. The lowest BCUT2D eigenvalue weighted by molar-refractivity contribution is 0.578. The zero-order chi connectivity index (χ0) is 8.97. The Hall–Kier alpha value is -1.19. The van der Waals surface area contributed by atoms with Gasteiger partial charge in [-0.05, 0) is 6.42 Å². The topological polar surface area (TPSA) is 29.0 Å². The van der Waals surface area contributed by atoms with Gasteiger partial charge in [-0.2, -0.15) is 4.39 Å². The van der Waals surface area contributed by atoms with E-state index in [1.807, 2.05) is 11.9 Å². The van der Waals surface area contributed by atoms with Crippen LogP contribution in [-0.2, 0) is 0 Å². The van der Waals surface area contributed by atoms with Crippen LogP contribution in [0.15, 0.2) is 12.4 Å². The van der Waals surface area contributed by atoms with E-state index < -0.39 is 5.95 Å². The average molecular weight is 169 g/mol. The molecule has 1 aromatic heterocycles. The first kappa shape index (κ1) is 8.90. The summed E-state index contributed by atoms with van der Waals surface area (Å²) in [7, 11) is 1.88. The summed E-state index contributed by atoms with van der Waals surface area (Å²) in [4.78, 5) is 9.20. The number of halogens is 1. The van der Waals surface area contributed by atoms with Gasteiger partial charge >= 0.3 is 0 Å². The lowest BCUT2D eigenvalue weighted by Gasteiger charge is -2.15. The third-order valence-corrected chi connectivity index (χ3v) is 1.57. The number of hydrogen-bond donors (Lipinski definition) is 0. The highest BCUT2D eigenvalue weighted by Crippen LogP contribution is 2.07. The van der Waals surface area contributed by atoms with Gasteiger partial charge in [0.15, 0.2) is 0 Å². The van der Waals surface area contributed by atoms with Crippen LogP contribution in [0.5, 0.6) is 0 Å². The fourth-order valence-electron chi connectivity index (χ4n) is 0.983. The van der Waals surface area contributed by atoms with Crippen LogP contribution >= 0.6 is 0 Å². The average Bonchev–Trinajstić information content (AvgIpc) is 2.05. The van der Waals surface area contributed by atoms with Crippen molar-refractivity contribution in [3.8, 4) is 0 Å². The van der Waals surface area contributed by atoms with Crippen molar-refractivity contribution >= 4 is 5.82 Å². The third-order valence-electron chi connectivity index (χ3n) is 1.57. The predicted molar refractivity (Wildman–Crippen MR) is 45.6 cm³/mol. The Kier molecular flexibility index (Phi) is 2.96. The van der Waals surface area contributed by atoms with E-state index in [2.05, 4.69) is 16.9 Å². The van der Waals surface area contributed by atoms with Gasteiger partial charge in [-0.1, -0.05) is 6.92 Å². The van der Waals surface area contributed by atoms with Crippen molar-refractivity contribution in [1.29, 1.82) is 0 Å². The Balaban J connectivity index is 2.73. The molecule has 0 N–H and O–H groups in total. The van der Waals surface area contributed by atoms with Crippen molar-refractivity contribution in [2.75, 3.05) is 18.5 Å². The Bertz CT molecular complexity index is 252. The Morgan fingerprint density at radius 1 is 1.50 bits per heavy atom. The molecular formula is C8H12FN3. The molecule has 0 amide bonds. The van der Waals surface area contributed by atoms with Crippen LogP contribution in [0.4, 0.5) is 10.2 Å². The summed E-state index contributed by atoms with van der Waals surface area (Å²) >= 11 is 0. The summed E-state index contributed by atoms with van der Waals surface area (Å²) in [6, 6.07) is 1.33. The molecule has 0 saturated heterocycles. The van der Waals surface area contributed by atoms with E-state index >= 15 is 0 Å². The number of nitrogens with zero attached hydrogens (tertiary/aromatic N) is 3.